The first-order chi connectivity index (χ1) is 19.4. The van der Waals surface area contributed by atoms with Crippen molar-refractivity contribution in [2.45, 2.75) is 59.9 Å². The van der Waals surface area contributed by atoms with E-state index in [1.165, 1.54) is 4.90 Å². The minimum atomic E-state index is -0.897. The largest absolute Gasteiger partial charge is 0.507 e. The molecule has 0 saturated carbocycles. The van der Waals surface area contributed by atoms with E-state index in [-0.39, 0.29) is 16.7 Å². The highest BCUT2D eigenvalue weighted by molar-refractivity contribution is 6.51. The van der Waals surface area contributed by atoms with Gasteiger partial charge in [0.15, 0.2) is 11.5 Å². The maximum atomic E-state index is 13.8. The summed E-state index contributed by atoms with van der Waals surface area (Å²) in [5.74, 6) is 0.00155. The molecule has 1 atom stereocenters. The van der Waals surface area contributed by atoms with Gasteiger partial charge in [0.2, 0.25) is 0 Å². The van der Waals surface area contributed by atoms with Crippen LogP contribution in [0.5, 0.6) is 17.2 Å². The molecule has 1 fully saturated rings. The lowest BCUT2D eigenvalue weighted by Crippen LogP contribution is -2.29. The topological polar surface area (TPSA) is 85.3 Å². The highest BCUT2D eigenvalue weighted by atomic mass is 16.5. The fourth-order valence-corrected chi connectivity index (χ4v) is 5.34. The van der Waals surface area contributed by atoms with Crippen LogP contribution in [0.2, 0.25) is 0 Å². The van der Waals surface area contributed by atoms with Gasteiger partial charge in [0.25, 0.3) is 11.7 Å². The third-order valence-electron chi connectivity index (χ3n) is 7.09. The Morgan fingerprint density at radius 1 is 0.854 bits per heavy atom. The van der Waals surface area contributed by atoms with Crippen molar-refractivity contribution in [2.75, 3.05) is 25.2 Å². The number of aryl methyl sites for hydroxylation is 2. The second kappa shape index (κ2) is 11.7. The molecule has 1 unspecified atom stereocenters. The molecule has 3 aromatic carbocycles. The summed E-state index contributed by atoms with van der Waals surface area (Å²) in [5, 5.41) is 11.8. The van der Waals surface area contributed by atoms with Gasteiger partial charge in [0.05, 0.1) is 31.9 Å². The molecule has 1 heterocycles. The van der Waals surface area contributed by atoms with Gasteiger partial charge >= 0.3 is 0 Å². The van der Waals surface area contributed by atoms with Gasteiger partial charge in [-0.1, -0.05) is 32.9 Å². The molecule has 41 heavy (non-hydrogen) atoms. The smallest absolute Gasteiger partial charge is 0.300 e. The van der Waals surface area contributed by atoms with Crippen LogP contribution in [-0.2, 0) is 15.0 Å². The zero-order chi connectivity index (χ0) is 30.1. The van der Waals surface area contributed by atoms with Crippen LogP contribution in [0.4, 0.5) is 5.69 Å². The number of aliphatic hydroxyl groups excluding tert-OH is 1. The number of aliphatic hydroxyl groups is 1. The Labute approximate surface area is 242 Å². The first-order valence-electron chi connectivity index (χ1n) is 13.9. The lowest BCUT2D eigenvalue weighted by atomic mass is 9.84. The van der Waals surface area contributed by atoms with Crippen LogP contribution < -0.4 is 19.1 Å². The summed E-state index contributed by atoms with van der Waals surface area (Å²) in [7, 11) is 1.55. The molecule has 0 aliphatic carbocycles. The summed E-state index contributed by atoms with van der Waals surface area (Å²) in [6, 6.07) is 15.5. The first-order valence-corrected chi connectivity index (χ1v) is 13.9. The fraction of sp³-hybridized carbons (Fsp3) is 0.353. The number of rotatable bonds is 8. The second-order valence-electron chi connectivity index (χ2n) is 11.3. The van der Waals surface area contributed by atoms with Crippen LogP contribution in [-0.4, -0.2) is 37.1 Å². The number of amides is 1. The van der Waals surface area contributed by atoms with E-state index in [1.807, 2.05) is 52.0 Å². The number of ketones is 1. The molecule has 0 radical (unpaired) electrons. The van der Waals surface area contributed by atoms with Crippen molar-refractivity contribution in [3.8, 4) is 17.2 Å². The number of carbonyl (C=O) groups excluding carboxylic acids is 2. The van der Waals surface area contributed by atoms with Gasteiger partial charge in [-0.15, -0.1) is 0 Å². The van der Waals surface area contributed by atoms with Gasteiger partial charge in [-0.25, -0.2) is 0 Å². The maximum Gasteiger partial charge on any atom is 0.300 e. The number of nitrogens with zero attached hydrogens (tertiary/aromatic N) is 1. The van der Waals surface area contributed by atoms with Gasteiger partial charge in [-0.2, -0.15) is 0 Å². The Morgan fingerprint density at radius 3 is 2.05 bits per heavy atom. The monoisotopic (exact) mass is 557 g/mol. The molecular formula is C34H39NO6. The zero-order valence-electron chi connectivity index (χ0n) is 25.1. The van der Waals surface area contributed by atoms with Crippen LogP contribution in [0.1, 0.15) is 68.5 Å². The second-order valence-corrected chi connectivity index (χ2v) is 11.3. The van der Waals surface area contributed by atoms with Crippen molar-refractivity contribution in [3.05, 3.63) is 88.0 Å². The van der Waals surface area contributed by atoms with E-state index in [2.05, 4.69) is 20.8 Å². The standard InChI is InChI=1S/C34H39NO6/c1-9-40-26-13-12-23(18-25(26)34(5,6)7)31(36)29-30(22-11-14-27(39-8)28(19-22)41-10-2)35(33(38)32(29)37)24-16-20(3)15-21(4)17-24/h11-19,30,36H,9-10H2,1-8H3/b31-29+. The fourth-order valence-electron chi connectivity index (χ4n) is 5.34. The molecule has 7 nitrogen and oxygen atoms in total. The van der Waals surface area contributed by atoms with Gasteiger partial charge in [-0.05, 0) is 92.3 Å². The average molecular weight is 558 g/mol. The van der Waals surface area contributed by atoms with Crippen molar-refractivity contribution in [1.29, 1.82) is 0 Å². The Morgan fingerprint density at radius 2 is 1.46 bits per heavy atom. The van der Waals surface area contributed by atoms with Crippen molar-refractivity contribution in [1.82, 2.24) is 0 Å². The van der Waals surface area contributed by atoms with Crippen LogP contribution in [0.25, 0.3) is 5.76 Å². The van der Waals surface area contributed by atoms with E-state index in [0.717, 1.165) is 16.7 Å². The van der Waals surface area contributed by atoms with E-state index in [1.54, 1.807) is 37.4 Å². The van der Waals surface area contributed by atoms with Crippen molar-refractivity contribution >= 4 is 23.1 Å². The normalized spacial score (nSPS) is 16.7. The number of carbonyl (C=O) groups is 2. The van der Waals surface area contributed by atoms with Gasteiger partial charge in [0, 0.05) is 16.8 Å². The lowest BCUT2D eigenvalue weighted by molar-refractivity contribution is -0.132. The Hall–Kier alpha value is -4.26. The molecule has 0 bridgehead atoms. The summed E-state index contributed by atoms with van der Waals surface area (Å²) in [4.78, 5) is 28.9. The highest BCUT2D eigenvalue weighted by Gasteiger charge is 2.47. The van der Waals surface area contributed by atoms with E-state index < -0.39 is 17.7 Å². The van der Waals surface area contributed by atoms with Crippen molar-refractivity contribution in [3.63, 3.8) is 0 Å². The van der Waals surface area contributed by atoms with Gasteiger partial charge < -0.3 is 19.3 Å². The maximum absolute atomic E-state index is 13.8. The van der Waals surface area contributed by atoms with E-state index >= 15 is 0 Å². The quantitative estimate of drug-likeness (QED) is 0.182. The van der Waals surface area contributed by atoms with Gasteiger partial charge in [0.1, 0.15) is 11.5 Å². The molecule has 1 aliphatic heterocycles. The summed E-state index contributed by atoms with van der Waals surface area (Å²) in [6.07, 6.45) is 0. The number of benzene rings is 3. The summed E-state index contributed by atoms with van der Waals surface area (Å²) >= 11 is 0. The Bertz CT molecular complexity index is 1490. The van der Waals surface area contributed by atoms with E-state index in [4.69, 9.17) is 14.2 Å². The zero-order valence-corrected chi connectivity index (χ0v) is 25.1. The molecule has 4 rings (SSSR count). The number of Topliss-reactive ketones (excluding diaryl/α,β-unsaturated/α-hetero) is 1. The number of hydrogen-bond donors (Lipinski definition) is 1. The summed E-state index contributed by atoms with van der Waals surface area (Å²) in [5.41, 5.74) is 4.10. The first kappa shape index (κ1) is 29.7. The number of anilines is 1. The average Bonchev–Trinajstić information content (AvgIpc) is 3.17. The highest BCUT2D eigenvalue weighted by Crippen LogP contribution is 2.45. The van der Waals surface area contributed by atoms with Crippen molar-refractivity contribution in [2.24, 2.45) is 0 Å². The number of methoxy groups -OCH3 is 1. The number of hydrogen-bond acceptors (Lipinski definition) is 6. The predicted molar refractivity (Wildman–Crippen MR) is 161 cm³/mol. The summed E-state index contributed by atoms with van der Waals surface area (Å²) < 4.78 is 17.2. The molecule has 216 valence electrons. The molecule has 1 N–H and O–H groups in total. The van der Waals surface area contributed by atoms with Crippen molar-refractivity contribution < 1.29 is 28.9 Å². The lowest BCUT2D eigenvalue weighted by Gasteiger charge is -2.27. The Balaban J connectivity index is 2.00. The third kappa shape index (κ3) is 5.80. The molecule has 1 saturated heterocycles. The summed E-state index contributed by atoms with van der Waals surface area (Å²) in [6.45, 7) is 14.7. The predicted octanol–water partition coefficient (Wildman–Crippen LogP) is 7.03. The SMILES string of the molecule is CCOc1cc(C2/C(=C(\O)c3ccc(OCC)c(C(C)(C)C)c3)C(=O)C(=O)N2c2cc(C)cc(C)c2)ccc1OC. The number of ether oxygens (including phenoxy) is 3. The third-order valence-corrected chi connectivity index (χ3v) is 7.09. The van der Waals surface area contributed by atoms with Crippen LogP contribution in [0, 0.1) is 13.8 Å². The molecular weight excluding hydrogens is 518 g/mol. The molecule has 1 amide bonds. The van der Waals surface area contributed by atoms with Gasteiger partial charge in [-0.3, -0.25) is 14.5 Å². The minimum absolute atomic E-state index is 0.00536. The molecule has 0 aromatic heterocycles. The molecule has 1 aliphatic rings. The minimum Gasteiger partial charge on any atom is -0.507 e. The molecule has 7 heteroatoms. The van der Waals surface area contributed by atoms with Crippen LogP contribution >= 0.6 is 0 Å². The van der Waals surface area contributed by atoms with E-state index in [0.29, 0.717) is 47.3 Å². The molecule has 3 aromatic rings. The van der Waals surface area contributed by atoms with E-state index in [9.17, 15) is 14.7 Å². The molecule has 0 spiro atoms. The van der Waals surface area contributed by atoms with Crippen LogP contribution in [0.3, 0.4) is 0 Å². The van der Waals surface area contributed by atoms with Crippen LogP contribution in [0.15, 0.2) is 60.2 Å². The Kier molecular flexibility index (Phi) is 8.47.